The summed E-state index contributed by atoms with van der Waals surface area (Å²) in [7, 11) is -4.12. The molecule has 11 heteroatoms. The molecule has 2 unspecified atom stereocenters. The first-order chi connectivity index (χ1) is 8.18. The minimum Gasteiger partial charge on any atom is -0.481 e. The molecule has 9 nitrogen and oxygen atoms in total. The second-order valence-electron chi connectivity index (χ2n) is 3.27. The van der Waals surface area contributed by atoms with E-state index < -0.39 is 44.1 Å². The number of carboxylic acid groups (broad SMARTS) is 2. The number of carbonyl (C=O) groups excluding carboxylic acids is 1. The van der Waals surface area contributed by atoms with Gasteiger partial charge in [0.1, 0.15) is 12.2 Å². The molecule has 0 heterocycles. The van der Waals surface area contributed by atoms with Crippen LogP contribution in [-0.2, 0) is 23.5 Å². The van der Waals surface area contributed by atoms with E-state index in [9.17, 15) is 18.9 Å². The van der Waals surface area contributed by atoms with E-state index in [0.29, 0.717) is 0 Å². The van der Waals surface area contributed by atoms with E-state index in [0.717, 1.165) is 0 Å². The van der Waals surface area contributed by atoms with Crippen molar-refractivity contribution in [2.75, 3.05) is 12.8 Å². The Balaban J connectivity index is 0. The standard InChI is InChI=1S/C8H14NO8P.Na/c1-2-17-18(15,16)4-6(10)9-5(8(13)14)3-7(11)12;/h5H,2-4H2,1H3,(H,9,10)(H,11,12)(H,13,14)(H,15,16);/q;+1. The van der Waals surface area contributed by atoms with Gasteiger partial charge in [-0.25, -0.2) is 4.79 Å². The fraction of sp³-hybridized carbons (Fsp3) is 0.625. The molecule has 1 amide bonds. The Labute approximate surface area is 131 Å². The third kappa shape index (κ3) is 10.1. The van der Waals surface area contributed by atoms with E-state index in [1.54, 1.807) is 0 Å². The summed E-state index contributed by atoms with van der Waals surface area (Å²) in [5, 5.41) is 18.9. The molecule has 2 atom stereocenters. The molecule has 0 bridgehead atoms. The first kappa shape index (κ1) is 20.9. The van der Waals surface area contributed by atoms with Crippen LogP contribution in [0.15, 0.2) is 0 Å². The molecule has 19 heavy (non-hydrogen) atoms. The van der Waals surface area contributed by atoms with Crippen LogP contribution in [0.5, 0.6) is 0 Å². The smallest absolute Gasteiger partial charge is 0.481 e. The van der Waals surface area contributed by atoms with Gasteiger partial charge in [0.25, 0.3) is 0 Å². The summed E-state index contributed by atoms with van der Waals surface area (Å²) in [5.41, 5.74) is 0. The molecule has 104 valence electrons. The van der Waals surface area contributed by atoms with Gasteiger partial charge in [0.15, 0.2) is 0 Å². The van der Waals surface area contributed by atoms with E-state index in [1.165, 1.54) is 6.92 Å². The van der Waals surface area contributed by atoms with Gasteiger partial charge in [-0.05, 0) is 6.92 Å². The average molecular weight is 306 g/mol. The fourth-order valence-corrected chi connectivity index (χ4v) is 1.99. The van der Waals surface area contributed by atoms with Gasteiger partial charge in [0.2, 0.25) is 5.91 Å². The van der Waals surface area contributed by atoms with Crippen molar-refractivity contribution in [3.05, 3.63) is 0 Å². The SMILES string of the molecule is CCOP(=O)(O)CC(=O)NC(CC(=O)O)C(=O)O.[Na+]. The summed E-state index contributed by atoms with van der Waals surface area (Å²) in [6.07, 6.45) is -1.75. The molecule has 0 aromatic heterocycles. The number of hydrogen-bond donors (Lipinski definition) is 4. The summed E-state index contributed by atoms with van der Waals surface area (Å²) in [4.78, 5) is 41.3. The topological polar surface area (TPSA) is 150 Å². The van der Waals surface area contributed by atoms with Gasteiger partial charge in [-0.3, -0.25) is 14.2 Å². The molecule has 0 rings (SSSR count). The first-order valence-corrected chi connectivity index (χ1v) is 6.64. The van der Waals surface area contributed by atoms with Crippen molar-refractivity contribution in [1.29, 1.82) is 0 Å². The van der Waals surface area contributed by atoms with E-state index in [2.05, 4.69) is 4.52 Å². The zero-order valence-electron chi connectivity index (χ0n) is 10.5. The zero-order chi connectivity index (χ0) is 14.3. The maximum Gasteiger partial charge on any atom is 1.00 e. The fourth-order valence-electron chi connectivity index (χ4n) is 1.04. The van der Waals surface area contributed by atoms with Crippen LogP contribution >= 0.6 is 7.60 Å². The van der Waals surface area contributed by atoms with Crippen molar-refractivity contribution < 1.29 is 68.1 Å². The predicted octanol–water partition coefficient (Wildman–Crippen LogP) is -3.74. The molecule has 0 saturated heterocycles. The molecule has 0 radical (unpaired) electrons. The Morgan fingerprint density at radius 1 is 1.32 bits per heavy atom. The van der Waals surface area contributed by atoms with Crippen molar-refractivity contribution in [3.8, 4) is 0 Å². The maximum absolute atomic E-state index is 11.3. The second kappa shape index (κ2) is 9.46. The number of carbonyl (C=O) groups is 3. The van der Waals surface area contributed by atoms with E-state index in [4.69, 9.17) is 15.1 Å². The largest absolute Gasteiger partial charge is 1.00 e. The molecule has 0 aliphatic rings. The van der Waals surface area contributed by atoms with E-state index in [-0.39, 0.29) is 36.2 Å². The monoisotopic (exact) mass is 306 g/mol. The van der Waals surface area contributed by atoms with Crippen molar-refractivity contribution in [2.45, 2.75) is 19.4 Å². The Hall–Kier alpha value is -0.440. The summed E-state index contributed by atoms with van der Waals surface area (Å²) < 4.78 is 15.6. The van der Waals surface area contributed by atoms with Crippen LogP contribution in [0.3, 0.4) is 0 Å². The van der Waals surface area contributed by atoms with Gasteiger partial charge in [0, 0.05) is 0 Å². The normalized spacial score (nSPS) is 14.6. The summed E-state index contributed by atoms with van der Waals surface area (Å²) >= 11 is 0. The van der Waals surface area contributed by atoms with Crippen molar-refractivity contribution in [1.82, 2.24) is 5.32 Å². The summed E-state index contributed by atoms with van der Waals surface area (Å²) in [5.74, 6) is -4.03. The average Bonchev–Trinajstić information content (AvgIpc) is 2.14. The van der Waals surface area contributed by atoms with Gasteiger partial charge in [-0.1, -0.05) is 0 Å². The van der Waals surface area contributed by atoms with Crippen LogP contribution < -0.4 is 34.9 Å². The minimum absolute atomic E-state index is 0. The van der Waals surface area contributed by atoms with Gasteiger partial charge in [-0.2, -0.15) is 0 Å². The maximum atomic E-state index is 11.3. The Morgan fingerprint density at radius 2 is 1.84 bits per heavy atom. The van der Waals surface area contributed by atoms with Gasteiger partial charge in [-0.15, -0.1) is 0 Å². The Morgan fingerprint density at radius 3 is 2.21 bits per heavy atom. The molecule has 0 spiro atoms. The summed E-state index contributed by atoms with van der Waals surface area (Å²) in [6, 6.07) is -1.66. The van der Waals surface area contributed by atoms with Crippen LogP contribution in [0.25, 0.3) is 0 Å². The molecule has 0 saturated carbocycles. The van der Waals surface area contributed by atoms with Crippen LogP contribution in [0.1, 0.15) is 13.3 Å². The van der Waals surface area contributed by atoms with E-state index in [1.807, 2.05) is 5.32 Å². The quantitative estimate of drug-likeness (QED) is 0.264. The predicted molar refractivity (Wildman–Crippen MR) is 58.1 cm³/mol. The number of nitrogens with one attached hydrogen (secondary N) is 1. The molecular weight excluding hydrogens is 292 g/mol. The van der Waals surface area contributed by atoms with Crippen LogP contribution in [-0.4, -0.2) is 51.8 Å². The van der Waals surface area contributed by atoms with Crippen molar-refractivity contribution >= 4 is 25.4 Å². The molecule has 4 N–H and O–H groups in total. The molecule has 0 aromatic carbocycles. The second-order valence-corrected chi connectivity index (χ2v) is 5.12. The van der Waals surface area contributed by atoms with Crippen molar-refractivity contribution in [2.24, 2.45) is 0 Å². The van der Waals surface area contributed by atoms with Crippen LogP contribution in [0.4, 0.5) is 0 Å². The summed E-state index contributed by atoms with van der Waals surface area (Å²) in [6.45, 7) is 1.36. The molecule has 0 aliphatic carbocycles. The number of hydrogen-bond acceptors (Lipinski definition) is 5. The molecular formula is C8H14NNaO8P+. The minimum atomic E-state index is -4.12. The molecule has 0 fully saturated rings. The number of amides is 1. The van der Waals surface area contributed by atoms with Gasteiger partial charge >= 0.3 is 49.1 Å². The number of carboxylic acids is 2. The van der Waals surface area contributed by atoms with Gasteiger partial charge in [0.05, 0.1) is 13.0 Å². The van der Waals surface area contributed by atoms with Crippen molar-refractivity contribution in [3.63, 3.8) is 0 Å². The zero-order valence-corrected chi connectivity index (χ0v) is 13.4. The Bertz CT molecular complexity index is 387. The Kier molecular flexibility index (Phi) is 10.4. The van der Waals surface area contributed by atoms with E-state index >= 15 is 0 Å². The molecule has 0 aromatic rings. The first-order valence-electron chi connectivity index (χ1n) is 4.88. The van der Waals surface area contributed by atoms with Gasteiger partial charge < -0.3 is 24.9 Å². The molecule has 0 aliphatic heterocycles. The number of rotatable bonds is 8. The third-order valence-electron chi connectivity index (χ3n) is 1.69. The third-order valence-corrected chi connectivity index (χ3v) is 3.03. The number of aliphatic carboxylic acids is 2. The van der Waals surface area contributed by atoms with Crippen LogP contribution in [0, 0.1) is 0 Å². The van der Waals surface area contributed by atoms with Crippen LogP contribution in [0.2, 0.25) is 0 Å².